The number of rotatable bonds is 11. The number of carbonyl (C=O) groups is 1. The predicted octanol–water partition coefficient (Wildman–Crippen LogP) is 4.14. The molecule has 3 N–H and O–H groups in total. The monoisotopic (exact) mass is 523 g/mol. The second kappa shape index (κ2) is 11.4. The highest BCUT2D eigenvalue weighted by atomic mass is 32.2. The second-order valence-corrected chi connectivity index (χ2v) is 10.8. The van der Waals surface area contributed by atoms with Crippen LogP contribution in [0.15, 0.2) is 83.5 Å². The van der Waals surface area contributed by atoms with Crippen LogP contribution in [0.2, 0.25) is 0 Å². The predicted molar refractivity (Wildman–Crippen MR) is 138 cm³/mol. The molecule has 3 heterocycles. The van der Waals surface area contributed by atoms with Gasteiger partial charge in [-0.25, -0.2) is 28.2 Å². The number of carboxylic acid groups (broad SMARTS) is 1. The Kier molecular flexibility index (Phi) is 8.04. The van der Waals surface area contributed by atoms with E-state index in [1.165, 1.54) is 12.3 Å². The Labute approximate surface area is 213 Å². The third-order valence-corrected chi connectivity index (χ3v) is 8.11. The Balaban J connectivity index is 1.62. The smallest absolute Gasteiger partial charge is 0.326 e. The van der Waals surface area contributed by atoms with E-state index in [1.54, 1.807) is 54.8 Å². The van der Waals surface area contributed by atoms with Crippen molar-refractivity contribution in [2.45, 2.75) is 36.3 Å². The molecule has 9 nitrogen and oxygen atoms in total. The molecule has 186 valence electrons. The van der Waals surface area contributed by atoms with Gasteiger partial charge in [0.1, 0.15) is 16.9 Å². The largest absolute Gasteiger partial charge is 0.480 e. The minimum atomic E-state index is -3.97. The van der Waals surface area contributed by atoms with E-state index >= 15 is 0 Å². The standard InChI is InChI=1S/C25H25N5O4S2/c1-2-19(25(31)32)29-21-7-5-6-20(30-21)24(36(33,34)22-8-3-4-13-26-22)28-16-17-9-11-18(12-10-17)23-27-14-15-35-23/h3-15,19,24,28H,2,16H2,1H3,(H,29,30)(H,31,32). The first-order valence-corrected chi connectivity index (χ1v) is 13.6. The van der Waals surface area contributed by atoms with Gasteiger partial charge in [0.05, 0.1) is 5.69 Å². The summed E-state index contributed by atoms with van der Waals surface area (Å²) in [7, 11) is -3.97. The van der Waals surface area contributed by atoms with Crippen molar-refractivity contribution in [2.75, 3.05) is 5.32 Å². The molecular weight excluding hydrogens is 498 g/mol. The van der Waals surface area contributed by atoms with E-state index < -0.39 is 27.2 Å². The van der Waals surface area contributed by atoms with Gasteiger partial charge in [0.15, 0.2) is 10.4 Å². The van der Waals surface area contributed by atoms with Gasteiger partial charge < -0.3 is 10.4 Å². The Morgan fingerprint density at radius 1 is 1.03 bits per heavy atom. The zero-order valence-corrected chi connectivity index (χ0v) is 21.0. The van der Waals surface area contributed by atoms with E-state index in [0.717, 1.165) is 16.1 Å². The number of hydrogen-bond acceptors (Lipinski definition) is 9. The fourth-order valence-electron chi connectivity index (χ4n) is 3.55. The van der Waals surface area contributed by atoms with E-state index in [1.807, 2.05) is 29.6 Å². The van der Waals surface area contributed by atoms with Crippen LogP contribution >= 0.6 is 11.3 Å². The molecule has 0 aliphatic heterocycles. The highest BCUT2D eigenvalue weighted by molar-refractivity contribution is 7.91. The van der Waals surface area contributed by atoms with Gasteiger partial charge in [-0.15, -0.1) is 11.3 Å². The fraction of sp³-hybridized carbons (Fsp3) is 0.200. The quantitative estimate of drug-likeness (QED) is 0.265. The van der Waals surface area contributed by atoms with E-state index in [0.29, 0.717) is 6.42 Å². The van der Waals surface area contributed by atoms with Crippen LogP contribution in [0.4, 0.5) is 5.82 Å². The highest BCUT2D eigenvalue weighted by Crippen LogP contribution is 2.27. The summed E-state index contributed by atoms with van der Waals surface area (Å²) in [6, 6.07) is 16.4. The summed E-state index contributed by atoms with van der Waals surface area (Å²) in [5.41, 5.74) is 2.09. The Morgan fingerprint density at radius 3 is 2.47 bits per heavy atom. The topological polar surface area (TPSA) is 134 Å². The van der Waals surface area contributed by atoms with Crippen LogP contribution in [0.3, 0.4) is 0 Å². The summed E-state index contributed by atoms with van der Waals surface area (Å²) >= 11 is 1.54. The van der Waals surface area contributed by atoms with Crippen LogP contribution in [0.5, 0.6) is 0 Å². The van der Waals surface area contributed by atoms with E-state index in [9.17, 15) is 18.3 Å². The summed E-state index contributed by atoms with van der Waals surface area (Å²) in [6.07, 6.45) is 3.51. The maximum atomic E-state index is 13.6. The van der Waals surface area contributed by atoms with Crippen molar-refractivity contribution in [3.05, 3.63) is 89.7 Å². The summed E-state index contributed by atoms with van der Waals surface area (Å²) in [6.45, 7) is 1.99. The Morgan fingerprint density at radius 2 is 1.83 bits per heavy atom. The third-order valence-electron chi connectivity index (χ3n) is 5.43. The normalized spacial score (nSPS) is 13.1. The van der Waals surface area contributed by atoms with Gasteiger partial charge in [0.2, 0.25) is 9.84 Å². The molecule has 1 aromatic carbocycles. The number of sulfone groups is 1. The molecule has 0 saturated carbocycles. The Bertz CT molecular complexity index is 1400. The number of anilines is 1. The molecule has 4 rings (SSSR count). The molecule has 11 heteroatoms. The molecule has 0 fully saturated rings. The first kappa shape index (κ1) is 25.4. The van der Waals surface area contributed by atoms with Gasteiger partial charge in [-0.2, -0.15) is 0 Å². The molecule has 3 aromatic heterocycles. The van der Waals surface area contributed by atoms with Gasteiger partial charge in [0.25, 0.3) is 0 Å². The average molecular weight is 524 g/mol. The molecule has 0 bridgehead atoms. The molecular formula is C25H25N5O4S2. The maximum absolute atomic E-state index is 13.6. The first-order chi connectivity index (χ1) is 17.4. The summed E-state index contributed by atoms with van der Waals surface area (Å²) in [5, 5.41) is 16.9. The van der Waals surface area contributed by atoms with Gasteiger partial charge in [-0.3, -0.25) is 5.32 Å². The molecule has 0 aliphatic carbocycles. The number of aliphatic carboxylic acids is 1. The lowest BCUT2D eigenvalue weighted by Gasteiger charge is -2.20. The lowest BCUT2D eigenvalue weighted by atomic mass is 10.1. The second-order valence-electron chi connectivity index (χ2n) is 7.90. The van der Waals surface area contributed by atoms with Crippen LogP contribution in [0.1, 0.15) is 30.0 Å². The number of benzene rings is 1. The molecule has 2 unspecified atom stereocenters. The van der Waals surface area contributed by atoms with Crippen LogP contribution in [-0.4, -0.2) is 40.5 Å². The SMILES string of the molecule is CCC(Nc1cccc(C(NCc2ccc(-c3nccs3)cc2)S(=O)(=O)c2ccccn2)n1)C(=O)O. The lowest BCUT2D eigenvalue weighted by Crippen LogP contribution is -2.31. The number of carboxylic acids is 1. The zero-order valence-electron chi connectivity index (χ0n) is 19.4. The molecule has 2 atom stereocenters. The molecule has 0 saturated heterocycles. The van der Waals surface area contributed by atoms with E-state index in [4.69, 9.17) is 0 Å². The number of nitrogens with zero attached hydrogens (tertiary/aromatic N) is 3. The van der Waals surface area contributed by atoms with E-state index in [-0.39, 0.29) is 23.1 Å². The molecule has 0 aliphatic rings. The summed E-state index contributed by atoms with van der Waals surface area (Å²) < 4.78 is 27.2. The molecule has 4 aromatic rings. The maximum Gasteiger partial charge on any atom is 0.326 e. The number of nitrogens with one attached hydrogen (secondary N) is 2. The molecule has 0 amide bonds. The number of aromatic nitrogens is 3. The van der Waals surface area contributed by atoms with Crippen molar-refractivity contribution in [2.24, 2.45) is 0 Å². The molecule has 0 spiro atoms. The highest BCUT2D eigenvalue weighted by Gasteiger charge is 2.31. The van der Waals surface area contributed by atoms with Crippen molar-refractivity contribution in [3.63, 3.8) is 0 Å². The van der Waals surface area contributed by atoms with E-state index in [2.05, 4.69) is 25.6 Å². The van der Waals surface area contributed by atoms with Gasteiger partial charge in [-0.05, 0) is 36.2 Å². The van der Waals surface area contributed by atoms with Crippen molar-refractivity contribution in [3.8, 4) is 10.6 Å². The van der Waals surface area contributed by atoms with Crippen LogP contribution in [0, 0.1) is 0 Å². The minimum absolute atomic E-state index is 0.0845. The average Bonchev–Trinajstić information content (AvgIpc) is 3.43. The van der Waals surface area contributed by atoms with Crippen LogP contribution in [0.25, 0.3) is 10.6 Å². The first-order valence-electron chi connectivity index (χ1n) is 11.2. The zero-order chi connectivity index (χ0) is 25.5. The number of pyridine rings is 2. The van der Waals surface area contributed by atoms with Crippen molar-refractivity contribution in [1.82, 2.24) is 20.3 Å². The number of thiazole rings is 1. The molecule has 36 heavy (non-hydrogen) atoms. The summed E-state index contributed by atoms with van der Waals surface area (Å²) in [4.78, 5) is 24.2. The van der Waals surface area contributed by atoms with Crippen molar-refractivity contribution < 1.29 is 18.3 Å². The Hall–Kier alpha value is -3.67. The van der Waals surface area contributed by atoms with Crippen LogP contribution < -0.4 is 10.6 Å². The van der Waals surface area contributed by atoms with Crippen LogP contribution in [-0.2, 0) is 21.2 Å². The minimum Gasteiger partial charge on any atom is -0.480 e. The van der Waals surface area contributed by atoms with Gasteiger partial charge in [-0.1, -0.05) is 43.3 Å². The van der Waals surface area contributed by atoms with Gasteiger partial charge >= 0.3 is 5.97 Å². The van der Waals surface area contributed by atoms with Crippen molar-refractivity contribution >= 4 is 33.0 Å². The lowest BCUT2D eigenvalue weighted by molar-refractivity contribution is -0.137. The summed E-state index contributed by atoms with van der Waals surface area (Å²) in [5.74, 6) is -0.737. The van der Waals surface area contributed by atoms with Gasteiger partial charge in [0, 0.05) is 29.9 Å². The van der Waals surface area contributed by atoms with Crippen molar-refractivity contribution in [1.29, 1.82) is 0 Å². The fourth-order valence-corrected chi connectivity index (χ4v) is 5.66. The number of hydrogen-bond donors (Lipinski definition) is 3. The molecule has 0 radical (unpaired) electrons. The third kappa shape index (κ3) is 5.93.